The molecule has 1 aliphatic carbocycles. The Morgan fingerprint density at radius 2 is 1.97 bits per heavy atom. The van der Waals surface area contributed by atoms with Crippen LogP contribution in [-0.4, -0.2) is 58.0 Å². The lowest BCUT2D eigenvalue weighted by Crippen LogP contribution is -2.41. The highest BCUT2D eigenvalue weighted by atomic mass is 35.5. The number of carbonyl (C=O) groups excluding carboxylic acids is 1. The van der Waals surface area contributed by atoms with Crippen LogP contribution in [0.5, 0.6) is 0 Å². The molecular formula is C28H35ClN6O. The predicted molar refractivity (Wildman–Crippen MR) is 146 cm³/mol. The van der Waals surface area contributed by atoms with Gasteiger partial charge < -0.3 is 20.5 Å². The fourth-order valence-electron chi connectivity index (χ4n) is 5.66. The molecule has 1 saturated heterocycles. The monoisotopic (exact) mass is 506 g/mol. The van der Waals surface area contributed by atoms with E-state index in [9.17, 15) is 4.79 Å². The van der Waals surface area contributed by atoms with Crippen LogP contribution in [0.25, 0.3) is 22.2 Å². The van der Waals surface area contributed by atoms with Gasteiger partial charge in [-0.2, -0.15) is 0 Å². The van der Waals surface area contributed by atoms with Gasteiger partial charge in [0, 0.05) is 41.8 Å². The van der Waals surface area contributed by atoms with Crippen molar-refractivity contribution in [2.24, 2.45) is 11.8 Å². The molecule has 2 fully saturated rings. The number of halogens is 1. The molecule has 1 aromatic carbocycles. The van der Waals surface area contributed by atoms with E-state index < -0.39 is 0 Å². The van der Waals surface area contributed by atoms with E-state index in [1.165, 1.54) is 18.9 Å². The van der Waals surface area contributed by atoms with E-state index in [2.05, 4.69) is 39.3 Å². The third-order valence-electron chi connectivity index (χ3n) is 7.67. The molecule has 2 unspecified atom stereocenters. The van der Waals surface area contributed by atoms with Crippen LogP contribution in [0.1, 0.15) is 38.5 Å². The number of para-hydroxylation sites is 1. The number of nitrogens with zero attached hydrogens (tertiary/aromatic N) is 3. The molecule has 36 heavy (non-hydrogen) atoms. The second kappa shape index (κ2) is 11.4. The number of fused-ring (bicyclic) bond motifs is 1. The zero-order valence-electron chi connectivity index (χ0n) is 20.7. The third kappa shape index (κ3) is 5.73. The molecule has 5 rings (SSSR count). The number of rotatable bonds is 8. The van der Waals surface area contributed by atoms with E-state index in [1.807, 2.05) is 23.2 Å². The summed E-state index contributed by atoms with van der Waals surface area (Å²) in [5.74, 6) is 1.97. The summed E-state index contributed by atoms with van der Waals surface area (Å²) in [6.45, 7) is 7.34. The second-order valence-electron chi connectivity index (χ2n) is 10.1. The lowest BCUT2D eigenvalue weighted by atomic mass is 9.85. The Morgan fingerprint density at radius 3 is 2.81 bits per heavy atom. The molecule has 0 bridgehead atoms. The summed E-state index contributed by atoms with van der Waals surface area (Å²) in [6.07, 6.45) is 11.9. The van der Waals surface area contributed by atoms with Gasteiger partial charge in [-0.25, -0.2) is 9.97 Å². The Morgan fingerprint density at radius 1 is 1.17 bits per heavy atom. The van der Waals surface area contributed by atoms with E-state index >= 15 is 0 Å². The highest BCUT2D eigenvalue weighted by molar-refractivity contribution is 6.33. The number of hydrogen-bond acceptors (Lipinski definition) is 5. The Bertz CT molecular complexity index is 1200. The molecular weight excluding hydrogens is 472 g/mol. The van der Waals surface area contributed by atoms with Crippen LogP contribution in [0.3, 0.4) is 0 Å². The largest absolute Gasteiger partial charge is 0.360 e. The summed E-state index contributed by atoms with van der Waals surface area (Å²) in [7, 11) is 0. The second-order valence-corrected chi connectivity index (χ2v) is 10.6. The lowest BCUT2D eigenvalue weighted by Gasteiger charge is -2.33. The van der Waals surface area contributed by atoms with Crippen molar-refractivity contribution in [3.05, 3.63) is 54.3 Å². The van der Waals surface area contributed by atoms with E-state index in [4.69, 9.17) is 16.6 Å². The van der Waals surface area contributed by atoms with Gasteiger partial charge in [-0.15, -0.1) is 0 Å². The van der Waals surface area contributed by atoms with Gasteiger partial charge in [0.1, 0.15) is 0 Å². The average Bonchev–Trinajstić information content (AvgIpc) is 3.34. The molecule has 1 amide bonds. The predicted octanol–water partition coefficient (Wildman–Crippen LogP) is 5.26. The summed E-state index contributed by atoms with van der Waals surface area (Å²) >= 11 is 6.51. The van der Waals surface area contributed by atoms with Crippen molar-refractivity contribution in [1.82, 2.24) is 25.2 Å². The molecule has 190 valence electrons. The fraction of sp³-hybridized carbons (Fsp3) is 0.464. The number of benzene rings is 1. The number of piperidine rings is 1. The Labute approximate surface area is 217 Å². The van der Waals surface area contributed by atoms with Gasteiger partial charge in [0.05, 0.1) is 16.9 Å². The van der Waals surface area contributed by atoms with Gasteiger partial charge in [-0.1, -0.05) is 42.8 Å². The van der Waals surface area contributed by atoms with Crippen LogP contribution in [-0.2, 0) is 4.79 Å². The Balaban J connectivity index is 1.13. The zero-order chi connectivity index (χ0) is 24.9. The summed E-state index contributed by atoms with van der Waals surface area (Å²) in [4.78, 5) is 26.3. The minimum absolute atomic E-state index is 0.0559. The van der Waals surface area contributed by atoms with Gasteiger partial charge in [-0.05, 0) is 69.2 Å². The molecule has 3 N–H and O–H groups in total. The minimum atomic E-state index is 0.0559. The number of likely N-dealkylation sites (tertiary alicyclic amines) is 1. The molecule has 0 radical (unpaired) electrons. The quantitative estimate of drug-likeness (QED) is 0.363. The van der Waals surface area contributed by atoms with Crippen LogP contribution in [0.15, 0.2) is 49.3 Å². The van der Waals surface area contributed by atoms with Gasteiger partial charge in [0.2, 0.25) is 11.9 Å². The Kier molecular flexibility index (Phi) is 7.87. The highest BCUT2D eigenvalue weighted by Crippen LogP contribution is 2.33. The first kappa shape index (κ1) is 24.8. The van der Waals surface area contributed by atoms with Crippen LogP contribution in [0.2, 0.25) is 5.02 Å². The summed E-state index contributed by atoms with van der Waals surface area (Å²) in [5, 5.41) is 8.95. The van der Waals surface area contributed by atoms with E-state index in [1.54, 1.807) is 6.20 Å². The number of H-pyrrole nitrogens is 1. The molecule has 2 aromatic heterocycles. The van der Waals surface area contributed by atoms with Crippen LogP contribution < -0.4 is 10.6 Å². The zero-order valence-corrected chi connectivity index (χ0v) is 21.4. The van der Waals surface area contributed by atoms with Crippen molar-refractivity contribution < 1.29 is 4.79 Å². The standard InChI is InChI=1S/C28H35ClN6O/c1-2-26(36)35-12-10-19(11-13-35)15-30-16-20-6-5-7-21(14-20)33-28-32-18-24(29)27(34-28)23-17-31-25-9-4-3-8-22(23)25/h2-4,8-9,17-21,30-31H,1,5-7,10-16H2,(H,32,33,34). The van der Waals surface area contributed by atoms with Crippen molar-refractivity contribution in [1.29, 1.82) is 0 Å². The molecule has 0 spiro atoms. The SMILES string of the molecule is C=CC(=O)N1CCC(CNCC2CCCC(Nc3ncc(Cl)c(-c4c[nH]c5ccccc45)n3)C2)CC1. The lowest BCUT2D eigenvalue weighted by molar-refractivity contribution is -0.127. The van der Waals surface area contributed by atoms with Crippen molar-refractivity contribution in [3.63, 3.8) is 0 Å². The maximum atomic E-state index is 11.8. The van der Waals surface area contributed by atoms with Crippen LogP contribution >= 0.6 is 11.6 Å². The van der Waals surface area contributed by atoms with Crippen molar-refractivity contribution in [2.75, 3.05) is 31.5 Å². The van der Waals surface area contributed by atoms with Crippen LogP contribution in [0.4, 0.5) is 5.95 Å². The van der Waals surface area contributed by atoms with Crippen molar-refractivity contribution in [2.45, 2.75) is 44.6 Å². The maximum Gasteiger partial charge on any atom is 0.245 e. The van der Waals surface area contributed by atoms with Gasteiger partial charge in [-0.3, -0.25) is 4.79 Å². The first-order valence-corrected chi connectivity index (χ1v) is 13.5. The molecule has 8 heteroatoms. The van der Waals surface area contributed by atoms with E-state index in [-0.39, 0.29) is 5.91 Å². The Hall–Kier alpha value is -2.90. The third-order valence-corrected chi connectivity index (χ3v) is 7.95. The molecule has 2 aliphatic rings. The topological polar surface area (TPSA) is 85.9 Å². The summed E-state index contributed by atoms with van der Waals surface area (Å²) in [6, 6.07) is 8.53. The summed E-state index contributed by atoms with van der Waals surface area (Å²) < 4.78 is 0. The summed E-state index contributed by atoms with van der Waals surface area (Å²) in [5.41, 5.74) is 2.81. The van der Waals surface area contributed by atoms with Crippen LogP contribution in [0, 0.1) is 11.8 Å². The first-order chi connectivity index (χ1) is 17.6. The fourth-order valence-corrected chi connectivity index (χ4v) is 5.85. The number of amides is 1. The average molecular weight is 507 g/mol. The smallest absolute Gasteiger partial charge is 0.245 e. The minimum Gasteiger partial charge on any atom is -0.360 e. The maximum absolute atomic E-state index is 11.8. The van der Waals surface area contributed by atoms with Gasteiger partial charge in [0.25, 0.3) is 0 Å². The number of carbonyl (C=O) groups is 1. The van der Waals surface area contributed by atoms with Crippen molar-refractivity contribution >= 4 is 34.4 Å². The molecule has 7 nitrogen and oxygen atoms in total. The first-order valence-electron chi connectivity index (χ1n) is 13.1. The van der Waals surface area contributed by atoms with Crippen molar-refractivity contribution in [3.8, 4) is 11.3 Å². The molecule has 2 atom stereocenters. The van der Waals surface area contributed by atoms with Gasteiger partial charge >= 0.3 is 0 Å². The number of anilines is 1. The van der Waals surface area contributed by atoms with Gasteiger partial charge in [0.15, 0.2) is 0 Å². The normalized spacial score (nSPS) is 21.0. The molecule has 1 aliphatic heterocycles. The van der Waals surface area contributed by atoms with E-state index in [0.29, 0.717) is 28.8 Å². The number of aromatic nitrogens is 3. The molecule has 1 saturated carbocycles. The highest BCUT2D eigenvalue weighted by Gasteiger charge is 2.25. The molecule has 3 aromatic rings. The number of hydrogen-bond donors (Lipinski definition) is 3. The number of nitrogens with one attached hydrogen (secondary N) is 3. The number of aromatic amines is 1. The molecule has 3 heterocycles. The van der Waals surface area contributed by atoms with E-state index in [0.717, 1.165) is 74.0 Å².